The monoisotopic (exact) mass is 480 g/mol. The Bertz CT molecular complexity index is 1220. The van der Waals surface area contributed by atoms with Gasteiger partial charge in [0, 0.05) is 45.7 Å². The smallest absolute Gasteiger partial charge is 0.255 e. The predicted octanol–water partition coefficient (Wildman–Crippen LogP) is 3.67. The molecule has 0 aromatic heterocycles. The summed E-state index contributed by atoms with van der Waals surface area (Å²) in [5, 5.41) is 12.4. The third kappa shape index (κ3) is 5.27. The highest BCUT2D eigenvalue weighted by Crippen LogP contribution is 2.16. The van der Waals surface area contributed by atoms with E-state index < -0.39 is 0 Å². The average molecular weight is 481 g/mol. The number of nitrogens with one attached hydrogen (secondary N) is 4. The molecule has 36 heavy (non-hydrogen) atoms. The minimum atomic E-state index is -0.243. The van der Waals surface area contributed by atoms with Gasteiger partial charge in [0.1, 0.15) is 11.7 Å². The number of hydrogen-bond donors (Lipinski definition) is 4. The van der Waals surface area contributed by atoms with Gasteiger partial charge in [-0.15, -0.1) is 0 Å². The van der Waals surface area contributed by atoms with Crippen LogP contribution >= 0.6 is 0 Å². The van der Waals surface area contributed by atoms with Gasteiger partial charge in [-0.25, -0.2) is 0 Å². The Morgan fingerprint density at radius 3 is 1.31 bits per heavy atom. The molecular formula is C28H28N6O2. The molecule has 8 nitrogen and oxygen atoms in total. The lowest BCUT2D eigenvalue weighted by Crippen LogP contribution is -2.27. The fraction of sp³-hybridized carbons (Fsp3) is 0.214. The molecule has 4 N–H and O–H groups in total. The zero-order valence-corrected chi connectivity index (χ0v) is 20.2. The lowest BCUT2D eigenvalue weighted by atomic mass is 10.1. The van der Waals surface area contributed by atoms with E-state index in [4.69, 9.17) is 0 Å². The lowest BCUT2D eigenvalue weighted by Gasteiger charge is -2.10. The second kappa shape index (κ2) is 10.0. The summed E-state index contributed by atoms with van der Waals surface area (Å²) in [6, 6.07) is 22.4. The van der Waals surface area contributed by atoms with Gasteiger partial charge in [-0.3, -0.25) is 19.6 Å². The Morgan fingerprint density at radius 2 is 1.00 bits per heavy atom. The van der Waals surface area contributed by atoms with E-state index in [0.29, 0.717) is 34.6 Å². The maximum Gasteiger partial charge on any atom is 0.255 e. The second-order valence-corrected chi connectivity index (χ2v) is 9.11. The van der Waals surface area contributed by atoms with Gasteiger partial charge in [-0.2, -0.15) is 0 Å². The molecule has 2 aliphatic rings. The maximum absolute atomic E-state index is 12.7. The quantitative estimate of drug-likeness (QED) is 0.432. The summed E-state index contributed by atoms with van der Waals surface area (Å²) in [6.07, 6.45) is 0. The van der Waals surface area contributed by atoms with Gasteiger partial charge in [-0.1, -0.05) is 0 Å². The van der Waals surface area contributed by atoms with Crippen LogP contribution in [0.25, 0.3) is 0 Å². The summed E-state index contributed by atoms with van der Waals surface area (Å²) >= 11 is 0. The van der Waals surface area contributed by atoms with Gasteiger partial charge in [0.15, 0.2) is 0 Å². The van der Waals surface area contributed by atoms with Crippen molar-refractivity contribution in [3.05, 3.63) is 95.1 Å². The minimum Gasteiger partial charge on any atom is -0.366 e. The van der Waals surface area contributed by atoms with E-state index in [2.05, 4.69) is 45.1 Å². The van der Waals surface area contributed by atoms with E-state index in [1.165, 1.54) is 0 Å². The van der Waals surface area contributed by atoms with E-state index in [1.807, 2.05) is 48.5 Å². The molecular weight excluding hydrogens is 452 g/mol. The zero-order chi connectivity index (χ0) is 25.1. The first kappa shape index (κ1) is 23.3. The van der Waals surface area contributed by atoms with Gasteiger partial charge in [0.25, 0.3) is 11.8 Å². The van der Waals surface area contributed by atoms with Crippen LogP contribution in [0.2, 0.25) is 0 Å². The van der Waals surface area contributed by atoms with Gasteiger partial charge < -0.3 is 21.3 Å². The van der Waals surface area contributed by atoms with Crippen LogP contribution in [0.4, 0.5) is 11.4 Å². The van der Waals surface area contributed by atoms with Crippen LogP contribution in [0.3, 0.4) is 0 Å². The molecule has 2 atom stereocenters. The van der Waals surface area contributed by atoms with E-state index in [-0.39, 0.29) is 11.8 Å². The van der Waals surface area contributed by atoms with Gasteiger partial charge in [-0.05, 0) is 86.6 Å². The number of amides is 2. The SMILES string of the molecule is C[C@@H]1CN=C(c2ccc(NC(=O)c3ccc(C(=O)Nc4ccc(C5=NC[C@H](C)N5)cc4)cc3)cc2)N1. The van der Waals surface area contributed by atoms with Crippen LogP contribution in [0.5, 0.6) is 0 Å². The number of nitrogens with zero attached hydrogens (tertiary/aromatic N) is 2. The molecule has 8 heteroatoms. The van der Waals surface area contributed by atoms with E-state index in [1.54, 1.807) is 24.3 Å². The number of hydrogen-bond acceptors (Lipinski definition) is 6. The topological polar surface area (TPSA) is 107 Å². The maximum atomic E-state index is 12.7. The highest BCUT2D eigenvalue weighted by Gasteiger charge is 2.16. The molecule has 0 aliphatic carbocycles. The molecule has 3 aromatic carbocycles. The molecule has 0 spiro atoms. The van der Waals surface area contributed by atoms with Gasteiger partial charge in [0.05, 0.1) is 13.1 Å². The number of benzene rings is 3. The first-order chi connectivity index (χ1) is 17.4. The Kier molecular flexibility index (Phi) is 6.49. The summed E-state index contributed by atoms with van der Waals surface area (Å²) in [7, 11) is 0. The van der Waals surface area contributed by atoms with Crippen LogP contribution in [-0.4, -0.2) is 48.7 Å². The van der Waals surface area contributed by atoms with Gasteiger partial charge in [0.2, 0.25) is 0 Å². The number of aliphatic imine (C=N–C) groups is 2. The van der Waals surface area contributed by atoms with Crippen molar-refractivity contribution in [2.75, 3.05) is 23.7 Å². The standard InChI is InChI=1S/C28H28N6O2/c1-17-15-29-25(31-17)19-7-11-23(12-8-19)33-27(35)21-3-5-22(6-4-21)28(36)34-24-13-9-20(10-14-24)26-30-16-18(2)32-26/h3-14,17-18H,15-16H2,1-2H3,(H,29,31)(H,30,32)(H,33,35)(H,34,36)/t17-,18+. The van der Waals surface area contributed by atoms with Crippen molar-refractivity contribution in [2.24, 2.45) is 9.98 Å². The summed E-state index contributed by atoms with van der Waals surface area (Å²) in [5.74, 6) is 1.26. The fourth-order valence-corrected chi connectivity index (χ4v) is 4.06. The Hall–Kier alpha value is -4.46. The van der Waals surface area contributed by atoms with Crippen LogP contribution in [-0.2, 0) is 0 Å². The van der Waals surface area contributed by atoms with Crippen molar-refractivity contribution in [1.82, 2.24) is 10.6 Å². The zero-order valence-electron chi connectivity index (χ0n) is 20.2. The van der Waals surface area contributed by atoms with Crippen LogP contribution in [0, 0.1) is 0 Å². The van der Waals surface area contributed by atoms with Crippen LogP contribution in [0.1, 0.15) is 45.7 Å². The third-order valence-corrected chi connectivity index (χ3v) is 6.05. The molecule has 0 bridgehead atoms. The average Bonchev–Trinajstić information content (AvgIpc) is 3.53. The first-order valence-electron chi connectivity index (χ1n) is 12.0. The molecule has 0 saturated carbocycles. The second-order valence-electron chi connectivity index (χ2n) is 9.11. The number of amidine groups is 2. The number of anilines is 2. The van der Waals surface area contributed by atoms with E-state index >= 15 is 0 Å². The summed E-state index contributed by atoms with van der Waals surface area (Å²) in [5.41, 5.74) is 4.29. The van der Waals surface area contributed by atoms with Crippen LogP contribution < -0.4 is 21.3 Å². The van der Waals surface area contributed by atoms with E-state index in [9.17, 15) is 9.59 Å². The van der Waals surface area contributed by atoms with Gasteiger partial charge >= 0.3 is 0 Å². The van der Waals surface area contributed by atoms with E-state index in [0.717, 1.165) is 35.9 Å². The predicted molar refractivity (Wildman–Crippen MR) is 143 cm³/mol. The summed E-state index contributed by atoms with van der Waals surface area (Å²) in [6.45, 7) is 5.70. The fourth-order valence-electron chi connectivity index (χ4n) is 4.06. The van der Waals surface area contributed by atoms with Crippen molar-refractivity contribution < 1.29 is 9.59 Å². The van der Waals surface area contributed by atoms with Crippen LogP contribution in [0.15, 0.2) is 82.8 Å². The normalized spacial score (nSPS) is 18.5. The number of rotatable bonds is 6. The molecule has 0 unspecified atom stereocenters. The molecule has 0 radical (unpaired) electrons. The summed E-state index contributed by atoms with van der Waals surface area (Å²) in [4.78, 5) is 34.3. The third-order valence-electron chi connectivity index (χ3n) is 6.05. The minimum absolute atomic E-state index is 0.243. The Labute approximate surface area is 209 Å². The number of carbonyl (C=O) groups is 2. The van der Waals surface area contributed by atoms with Crippen molar-refractivity contribution in [3.63, 3.8) is 0 Å². The molecule has 3 aromatic rings. The Balaban J connectivity index is 1.16. The highest BCUT2D eigenvalue weighted by molar-refractivity contribution is 6.08. The Morgan fingerprint density at radius 1 is 0.639 bits per heavy atom. The highest BCUT2D eigenvalue weighted by atomic mass is 16.2. The molecule has 2 amide bonds. The van der Waals surface area contributed by atoms with Crippen molar-refractivity contribution in [2.45, 2.75) is 25.9 Å². The first-order valence-corrected chi connectivity index (χ1v) is 12.0. The molecule has 5 rings (SSSR count). The van der Waals surface area contributed by atoms with Crippen molar-refractivity contribution >= 4 is 34.9 Å². The number of carbonyl (C=O) groups excluding carboxylic acids is 2. The lowest BCUT2D eigenvalue weighted by molar-refractivity contribution is 0.101. The molecule has 2 aliphatic heterocycles. The largest absolute Gasteiger partial charge is 0.366 e. The van der Waals surface area contributed by atoms with Crippen molar-refractivity contribution in [3.8, 4) is 0 Å². The summed E-state index contributed by atoms with van der Waals surface area (Å²) < 4.78 is 0. The van der Waals surface area contributed by atoms with Crippen molar-refractivity contribution in [1.29, 1.82) is 0 Å². The molecule has 2 heterocycles. The molecule has 0 fully saturated rings. The molecule has 182 valence electrons. The molecule has 0 saturated heterocycles.